The molecule has 15 heavy (non-hydrogen) atoms. The van der Waals surface area contributed by atoms with Crippen molar-refractivity contribution in [1.82, 2.24) is 4.98 Å². The van der Waals surface area contributed by atoms with Gasteiger partial charge in [-0.25, -0.2) is 4.98 Å². The number of nitrogens with zero attached hydrogens (tertiary/aromatic N) is 1. The van der Waals surface area contributed by atoms with Gasteiger partial charge in [-0.15, -0.1) is 11.8 Å². The first-order chi connectivity index (χ1) is 7.13. The van der Waals surface area contributed by atoms with E-state index in [0.717, 1.165) is 22.6 Å². The Hall–Kier alpha value is -0.740. The highest BCUT2D eigenvalue weighted by atomic mass is 35.5. The van der Waals surface area contributed by atoms with Crippen molar-refractivity contribution in [1.29, 1.82) is 0 Å². The molecule has 1 aromatic rings. The van der Waals surface area contributed by atoms with Crippen molar-refractivity contribution in [2.24, 2.45) is 0 Å². The summed E-state index contributed by atoms with van der Waals surface area (Å²) in [4.78, 5) is 15.7. The van der Waals surface area contributed by atoms with Crippen LogP contribution in [0.1, 0.15) is 22.1 Å². The number of carbonyl (C=O) groups excluding carboxylic acids is 1. The molecule has 2 heterocycles. The Labute approximate surface area is 97.2 Å². The third kappa shape index (κ3) is 1.84. The standard InChI is InChI=1S/C10H10ClNO2S/c1-5-3-6-4-15-8(10(13)14-2)7(6)12-9(5)11/h3,8H,4H2,1-2H3. The lowest BCUT2D eigenvalue weighted by Gasteiger charge is -2.08. The first-order valence-electron chi connectivity index (χ1n) is 4.49. The van der Waals surface area contributed by atoms with E-state index in [-0.39, 0.29) is 11.2 Å². The fourth-order valence-electron chi connectivity index (χ4n) is 1.54. The van der Waals surface area contributed by atoms with E-state index in [4.69, 9.17) is 16.3 Å². The second kappa shape index (κ2) is 4.02. The van der Waals surface area contributed by atoms with Crippen LogP contribution in [0.3, 0.4) is 0 Å². The van der Waals surface area contributed by atoms with E-state index in [9.17, 15) is 4.79 Å². The van der Waals surface area contributed by atoms with Crippen LogP contribution < -0.4 is 0 Å². The molecule has 1 atom stereocenters. The number of hydrogen-bond donors (Lipinski definition) is 0. The second-order valence-corrected chi connectivity index (χ2v) is 4.81. The Morgan fingerprint density at radius 1 is 1.73 bits per heavy atom. The van der Waals surface area contributed by atoms with Crippen LogP contribution in [0.2, 0.25) is 5.15 Å². The van der Waals surface area contributed by atoms with Crippen LogP contribution in [-0.4, -0.2) is 18.1 Å². The van der Waals surface area contributed by atoms with E-state index in [1.54, 1.807) is 0 Å². The minimum absolute atomic E-state index is 0.258. The fourth-order valence-corrected chi connectivity index (χ4v) is 2.86. The summed E-state index contributed by atoms with van der Waals surface area (Å²) in [5.74, 6) is 0.534. The van der Waals surface area contributed by atoms with E-state index in [1.165, 1.54) is 18.9 Å². The lowest BCUT2D eigenvalue weighted by Crippen LogP contribution is -2.10. The zero-order chi connectivity index (χ0) is 11.0. The van der Waals surface area contributed by atoms with Crippen LogP contribution in [0.15, 0.2) is 6.07 Å². The molecule has 2 rings (SSSR count). The van der Waals surface area contributed by atoms with E-state index >= 15 is 0 Å². The zero-order valence-electron chi connectivity index (χ0n) is 8.41. The summed E-state index contributed by atoms with van der Waals surface area (Å²) in [6.45, 7) is 1.91. The quantitative estimate of drug-likeness (QED) is 0.561. The number of rotatable bonds is 1. The molecule has 0 aliphatic carbocycles. The van der Waals surface area contributed by atoms with E-state index in [0.29, 0.717) is 5.15 Å². The molecule has 5 heteroatoms. The molecule has 0 fully saturated rings. The van der Waals surface area contributed by atoms with Crippen LogP contribution in [0, 0.1) is 6.92 Å². The smallest absolute Gasteiger partial charge is 0.324 e. The molecule has 1 aromatic heterocycles. The van der Waals surface area contributed by atoms with Crippen LogP contribution in [0.25, 0.3) is 0 Å². The number of halogens is 1. The average molecular weight is 244 g/mol. The predicted molar refractivity (Wildman–Crippen MR) is 60.0 cm³/mol. The lowest BCUT2D eigenvalue weighted by atomic mass is 10.1. The van der Waals surface area contributed by atoms with Gasteiger partial charge in [0.05, 0.1) is 12.8 Å². The SMILES string of the molecule is COC(=O)C1SCc2cc(C)c(Cl)nc21. The predicted octanol–water partition coefficient (Wildman–Crippen LogP) is 2.50. The van der Waals surface area contributed by atoms with Crippen LogP contribution >= 0.6 is 23.4 Å². The first kappa shape index (κ1) is 10.8. The summed E-state index contributed by atoms with van der Waals surface area (Å²) in [7, 11) is 1.39. The van der Waals surface area contributed by atoms with E-state index in [2.05, 4.69) is 4.98 Å². The molecular formula is C10H10ClNO2S. The monoisotopic (exact) mass is 243 g/mol. The number of esters is 1. The number of methoxy groups -OCH3 is 1. The molecular weight excluding hydrogens is 234 g/mol. The van der Waals surface area contributed by atoms with Gasteiger partial charge in [0.2, 0.25) is 0 Å². The number of aromatic nitrogens is 1. The van der Waals surface area contributed by atoms with Crippen molar-refractivity contribution in [3.63, 3.8) is 0 Å². The number of fused-ring (bicyclic) bond motifs is 1. The maximum absolute atomic E-state index is 11.4. The van der Waals surface area contributed by atoms with Gasteiger partial charge in [-0.1, -0.05) is 17.7 Å². The molecule has 0 amide bonds. The molecule has 0 N–H and O–H groups in total. The Morgan fingerprint density at radius 3 is 3.13 bits per heavy atom. The van der Waals surface area contributed by atoms with Crippen molar-refractivity contribution in [2.45, 2.75) is 17.9 Å². The molecule has 0 spiro atoms. The van der Waals surface area contributed by atoms with Crippen LogP contribution in [0.5, 0.6) is 0 Å². The minimum Gasteiger partial charge on any atom is -0.468 e. The summed E-state index contributed by atoms with van der Waals surface area (Å²) in [5, 5.41) is 0.147. The van der Waals surface area contributed by atoms with Gasteiger partial charge in [0.25, 0.3) is 0 Å². The molecule has 0 saturated carbocycles. The molecule has 0 saturated heterocycles. The Bertz CT molecular complexity index is 422. The number of thioether (sulfide) groups is 1. The van der Waals surface area contributed by atoms with E-state index < -0.39 is 0 Å². The van der Waals surface area contributed by atoms with E-state index in [1.807, 2.05) is 13.0 Å². The number of carbonyl (C=O) groups is 1. The molecule has 0 bridgehead atoms. The molecule has 1 aliphatic rings. The van der Waals surface area contributed by atoms with Gasteiger partial charge in [-0.3, -0.25) is 4.79 Å². The Morgan fingerprint density at radius 2 is 2.47 bits per heavy atom. The summed E-state index contributed by atoms with van der Waals surface area (Å²) in [5.41, 5.74) is 2.78. The average Bonchev–Trinajstić information content (AvgIpc) is 2.61. The van der Waals surface area contributed by atoms with Gasteiger partial charge < -0.3 is 4.74 Å². The maximum Gasteiger partial charge on any atom is 0.324 e. The molecule has 0 aromatic carbocycles. The maximum atomic E-state index is 11.4. The largest absolute Gasteiger partial charge is 0.468 e. The van der Waals surface area contributed by atoms with Crippen molar-refractivity contribution in [3.8, 4) is 0 Å². The molecule has 3 nitrogen and oxygen atoms in total. The molecule has 1 unspecified atom stereocenters. The van der Waals surface area contributed by atoms with Gasteiger partial charge in [0.15, 0.2) is 0 Å². The van der Waals surface area contributed by atoms with Crippen molar-refractivity contribution < 1.29 is 9.53 Å². The number of aryl methyl sites for hydroxylation is 1. The fraction of sp³-hybridized carbons (Fsp3) is 0.400. The highest BCUT2D eigenvalue weighted by Gasteiger charge is 2.32. The summed E-state index contributed by atoms with van der Waals surface area (Å²) >= 11 is 7.46. The Balaban J connectivity index is 2.42. The van der Waals surface area contributed by atoms with Gasteiger partial charge in [-0.2, -0.15) is 0 Å². The number of pyridine rings is 1. The second-order valence-electron chi connectivity index (χ2n) is 3.35. The highest BCUT2D eigenvalue weighted by Crippen LogP contribution is 2.42. The third-order valence-electron chi connectivity index (χ3n) is 2.33. The molecule has 80 valence electrons. The Kier molecular flexibility index (Phi) is 2.89. The minimum atomic E-state index is -0.317. The summed E-state index contributed by atoms with van der Waals surface area (Å²) < 4.78 is 4.72. The number of hydrogen-bond acceptors (Lipinski definition) is 4. The van der Waals surface area contributed by atoms with Gasteiger partial charge in [0, 0.05) is 5.75 Å². The van der Waals surface area contributed by atoms with Gasteiger partial charge in [0.1, 0.15) is 10.4 Å². The highest BCUT2D eigenvalue weighted by molar-refractivity contribution is 7.99. The lowest BCUT2D eigenvalue weighted by molar-refractivity contribution is -0.140. The van der Waals surface area contributed by atoms with Crippen molar-refractivity contribution in [3.05, 3.63) is 28.0 Å². The number of ether oxygens (including phenoxy) is 1. The van der Waals surface area contributed by atoms with Crippen molar-refractivity contribution >= 4 is 29.3 Å². The topological polar surface area (TPSA) is 39.2 Å². The summed E-state index contributed by atoms with van der Waals surface area (Å²) in [6, 6.07) is 1.99. The zero-order valence-corrected chi connectivity index (χ0v) is 9.98. The van der Waals surface area contributed by atoms with Crippen LogP contribution in [0.4, 0.5) is 0 Å². The van der Waals surface area contributed by atoms with Crippen LogP contribution in [-0.2, 0) is 15.3 Å². The van der Waals surface area contributed by atoms with Gasteiger partial charge >= 0.3 is 5.97 Å². The normalized spacial score (nSPS) is 18.7. The first-order valence-corrected chi connectivity index (χ1v) is 5.91. The van der Waals surface area contributed by atoms with Crippen molar-refractivity contribution in [2.75, 3.05) is 7.11 Å². The summed E-state index contributed by atoms with van der Waals surface area (Å²) in [6.07, 6.45) is 0. The van der Waals surface area contributed by atoms with Gasteiger partial charge in [-0.05, 0) is 18.1 Å². The molecule has 1 aliphatic heterocycles. The molecule has 0 radical (unpaired) electrons. The third-order valence-corrected chi connectivity index (χ3v) is 3.94.